The monoisotopic (exact) mass is 332 g/mol. The van der Waals surface area contributed by atoms with Gasteiger partial charge >= 0.3 is 0 Å². The molecule has 1 N–H and O–H groups in total. The summed E-state index contributed by atoms with van der Waals surface area (Å²) in [5.74, 6) is 0.0416. The van der Waals surface area contributed by atoms with E-state index in [1.54, 1.807) is 7.11 Å². The van der Waals surface area contributed by atoms with Crippen LogP contribution in [-0.4, -0.2) is 55.9 Å². The molecule has 0 bridgehead atoms. The Morgan fingerprint density at radius 2 is 2.29 bits per heavy atom. The van der Waals surface area contributed by atoms with Gasteiger partial charge in [0.05, 0.1) is 12.6 Å². The summed E-state index contributed by atoms with van der Waals surface area (Å²) >= 11 is 0. The van der Waals surface area contributed by atoms with Crippen LogP contribution < -0.4 is 5.32 Å². The first-order valence-corrected chi connectivity index (χ1v) is 8.94. The summed E-state index contributed by atoms with van der Waals surface area (Å²) in [5, 5.41) is 3.06. The SMILES string of the molecule is CCc1ccccc1NC(=O)CN1CC[C@H](OC)[C@]2(CCCO2)C1. The molecule has 0 radical (unpaired) electrons. The van der Waals surface area contributed by atoms with Gasteiger partial charge in [-0.25, -0.2) is 0 Å². The van der Waals surface area contributed by atoms with Crippen LogP contribution in [0.2, 0.25) is 0 Å². The number of hydrogen-bond acceptors (Lipinski definition) is 4. The molecule has 0 unspecified atom stereocenters. The van der Waals surface area contributed by atoms with Crippen molar-refractivity contribution in [2.24, 2.45) is 0 Å². The third-order valence-corrected chi connectivity index (χ3v) is 5.24. The van der Waals surface area contributed by atoms with Crippen LogP contribution in [0.15, 0.2) is 24.3 Å². The smallest absolute Gasteiger partial charge is 0.238 e. The Morgan fingerprint density at radius 1 is 1.46 bits per heavy atom. The van der Waals surface area contributed by atoms with Crippen LogP contribution in [0.4, 0.5) is 5.69 Å². The number of methoxy groups -OCH3 is 1. The molecule has 2 saturated heterocycles. The molecule has 0 aromatic heterocycles. The van der Waals surface area contributed by atoms with E-state index in [1.165, 1.54) is 5.56 Å². The molecular formula is C19H28N2O3. The van der Waals surface area contributed by atoms with E-state index >= 15 is 0 Å². The molecule has 2 fully saturated rings. The minimum atomic E-state index is -0.228. The van der Waals surface area contributed by atoms with Crippen molar-refractivity contribution in [2.75, 3.05) is 38.7 Å². The number of nitrogens with one attached hydrogen (secondary N) is 1. The summed E-state index contributed by atoms with van der Waals surface area (Å²) < 4.78 is 11.7. The second-order valence-electron chi connectivity index (χ2n) is 6.80. The molecule has 24 heavy (non-hydrogen) atoms. The lowest BCUT2D eigenvalue weighted by Crippen LogP contribution is -2.58. The van der Waals surface area contributed by atoms with Crippen LogP contribution in [0.3, 0.4) is 0 Å². The lowest BCUT2D eigenvalue weighted by atomic mass is 9.87. The van der Waals surface area contributed by atoms with Crippen molar-refractivity contribution in [3.05, 3.63) is 29.8 Å². The summed E-state index contributed by atoms with van der Waals surface area (Å²) in [6, 6.07) is 7.99. The minimum Gasteiger partial charge on any atom is -0.378 e. The minimum absolute atomic E-state index is 0.0416. The molecule has 132 valence electrons. The highest BCUT2D eigenvalue weighted by Gasteiger charge is 2.47. The number of piperidine rings is 1. The number of rotatable bonds is 5. The van der Waals surface area contributed by atoms with E-state index in [0.717, 1.165) is 51.1 Å². The van der Waals surface area contributed by atoms with Crippen molar-refractivity contribution in [1.82, 2.24) is 4.90 Å². The van der Waals surface area contributed by atoms with Gasteiger partial charge in [-0.15, -0.1) is 0 Å². The molecule has 2 aliphatic heterocycles. The van der Waals surface area contributed by atoms with Crippen LogP contribution in [0.5, 0.6) is 0 Å². The number of carbonyl (C=O) groups is 1. The fourth-order valence-corrected chi connectivity index (χ4v) is 4.03. The Balaban J connectivity index is 1.60. The van der Waals surface area contributed by atoms with E-state index in [1.807, 2.05) is 18.2 Å². The van der Waals surface area contributed by atoms with Gasteiger partial charge in [0, 0.05) is 32.5 Å². The van der Waals surface area contributed by atoms with Crippen molar-refractivity contribution in [1.29, 1.82) is 0 Å². The van der Waals surface area contributed by atoms with Crippen molar-refractivity contribution in [3.63, 3.8) is 0 Å². The Bertz CT molecular complexity index is 569. The molecule has 5 heteroatoms. The van der Waals surface area contributed by atoms with Gasteiger partial charge in [-0.2, -0.15) is 0 Å². The van der Waals surface area contributed by atoms with Crippen LogP contribution in [0.25, 0.3) is 0 Å². The van der Waals surface area contributed by atoms with Crippen LogP contribution in [-0.2, 0) is 20.7 Å². The predicted molar refractivity (Wildman–Crippen MR) is 94.2 cm³/mol. The molecule has 0 aliphatic carbocycles. The van der Waals surface area contributed by atoms with E-state index < -0.39 is 0 Å². The largest absolute Gasteiger partial charge is 0.378 e. The van der Waals surface area contributed by atoms with Gasteiger partial charge in [0.25, 0.3) is 0 Å². The van der Waals surface area contributed by atoms with Gasteiger partial charge in [0.15, 0.2) is 0 Å². The maximum absolute atomic E-state index is 12.5. The third-order valence-electron chi connectivity index (χ3n) is 5.24. The predicted octanol–water partition coefficient (Wildman–Crippen LogP) is 2.46. The highest BCUT2D eigenvalue weighted by molar-refractivity contribution is 5.93. The number of anilines is 1. The Kier molecular flexibility index (Phi) is 5.54. The van der Waals surface area contributed by atoms with Gasteiger partial charge in [-0.1, -0.05) is 25.1 Å². The van der Waals surface area contributed by atoms with E-state index in [0.29, 0.717) is 6.54 Å². The highest BCUT2D eigenvalue weighted by Crippen LogP contribution is 2.36. The van der Waals surface area contributed by atoms with Gasteiger partial charge < -0.3 is 14.8 Å². The lowest BCUT2D eigenvalue weighted by molar-refractivity contribution is -0.146. The summed E-state index contributed by atoms with van der Waals surface area (Å²) in [4.78, 5) is 14.7. The maximum Gasteiger partial charge on any atom is 0.238 e. The zero-order chi connectivity index (χ0) is 17.0. The molecule has 5 nitrogen and oxygen atoms in total. The normalized spacial score (nSPS) is 27.5. The number of para-hydroxylation sites is 1. The Morgan fingerprint density at radius 3 is 3.00 bits per heavy atom. The Hall–Kier alpha value is -1.43. The van der Waals surface area contributed by atoms with E-state index in [2.05, 4.69) is 23.2 Å². The van der Waals surface area contributed by atoms with Gasteiger partial charge in [-0.3, -0.25) is 9.69 Å². The molecule has 1 amide bonds. The highest BCUT2D eigenvalue weighted by atomic mass is 16.5. The van der Waals surface area contributed by atoms with Gasteiger partial charge in [0.1, 0.15) is 5.60 Å². The molecule has 2 aliphatic rings. The zero-order valence-corrected chi connectivity index (χ0v) is 14.7. The first-order chi connectivity index (χ1) is 11.7. The molecular weight excluding hydrogens is 304 g/mol. The zero-order valence-electron chi connectivity index (χ0n) is 14.7. The van der Waals surface area contributed by atoms with Crippen LogP contribution in [0, 0.1) is 0 Å². The van der Waals surface area contributed by atoms with Crippen molar-refractivity contribution in [2.45, 2.75) is 44.3 Å². The van der Waals surface area contributed by atoms with Crippen molar-refractivity contribution >= 4 is 11.6 Å². The molecule has 0 saturated carbocycles. The maximum atomic E-state index is 12.5. The second-order valence-corrected chi connectivity index (χ2v) is 6.80. The van der Waals surface area contributed by atoms with E-state index in [9.17, 15) is 4.79 Å². The fraction of sp³-hybridized carbons (Fsp3) is 0.632. The molecule has 1 aromatic rings. The Labute approximate surface area is 144 Å². The van der Waals surface area contributed by atoms with E-state index in [4.69, 9.17) is 9.47 Å². The van der Waals surface area contributed by atoms with Crippen LogP contribution >= 0.6 is 0 Å². The average molecular weight is 332 g/mol. The number of ether oxygens (including phenoxy) is 2. The number of carbonyl (C=O) groups excluding carboxylic acids is 1. The second kappa shape index (κ2) is 7.64. The summed E-state index contributed by atoms with van der Waals surface area (Å²) in [5.41, 5.74) is 1.86. The summed E-state index contributed by atoms with van der Waals surface area (Å²) in [7, 11) is 1.76. The lowest BCUT2D eigenvalue weighted by Gasteiger charge is -2.44. The number of nitrogens with zero attached hydrogens (tertiary/aromatic N) is 1. The first kappa shape index (κ1) is 17.4. The number of aryl methyl sites for hydroxylation is 1. The van der Waals surface area contributed by atoms with E-state index in [-0.39, 0.29) is 17.6 Å². The third kappa shape index (κ3) is 3.63. The van der Waals surface area contributed by atoms with Crippen molar-refractivity contribution in [3.8, 4) is 0 Å². The molecule has 3 rings (SSSR count). The quantitative estimate of drug-likeness (QED) is 0.900. The number of likely N-dealkylation sites (tertiary alicyclic amines) is 1. The van der Waals surface area contributed by atoms with Crippen molar-refractivity contribution < 1.29 is 14.3 Å². The summed E-state index contributed by atoms with van der Waals surface area (Å²) in [6.07, 6.45) is 4.05. The fourth-order valence-electron chi connectivity index (χ4n) is 4.03. The number of hydrogen-bond donors (Lipinski definition) is 1. The first-order valence-electron chi connectivity index (χ1n) is 8.94. The molecule has 1 spiro atoms. The average Bonchev–Trinajstić information content (AvgIpc) is 3.04. The van der Waals surface area contributed by atoms with Gasteiger partial charge in [0.2, 0.25) is 5.91 Å². The molecule has 1 aromatic carbocycles. The van der Waals surface area contributed by atoms with Gasteiger partial charge in [-0.05, 0) is 37.3 Å². The number of amides is 1. The topological polar surface area (TPSA) is 50.8 Å². The number of benzene rings is 1. The van der Waals surface area contributed by atoms with Crippen LogP contribution in [0.1, 0.15) is 31.7 Å². The standard InChI is InChI=1S/C19H28N2O3/c1-3-15-7-4-5-8-16(15)20-18(22)13-21-11-9-17(23-2)19(14-21)10-6-12-24-19/h4-5,7-8,17H,3,6,9-14H2,1-2H3,(H,20,22)/t17-,19-/m0/s1. The molecule has 2 atom stereocenters. The molecule has 2 heterocycles. The summed E-state index contributed by atoms with van der Waals surface area (Å²) in [6.45, 7) is 4.94.